The standard InChI is InChI=1S/C20H17BrFN5O2S/c21-14-8-16(30-11-14)19-23-17(28-26-19)10-27-6-2-4-13(9-27)20-24-18(25-29-20)12-3-1-5-15(22)7-12/h1,3,5,7-8,11,13H,2,4,6,9-10H2. The molecule has 10 heteroatoms. The van der Waals surface area contributed by atoms with E-state index in [2.05, 4.69) is 41.1 Å². The van der Waals surface area contributed by atoms with Crippen LogP contribution in [0.3, 0.4) is 0 Å². The first-order valence-corrected chi connectivity index (χ1v) is 11.2. The molecule has 0 radical (unpaired) electrons. The molecule has 4 heterocycles. The van der Waals surface area contributed by atoms with Gasteiger partial charge in [-0.25, -0.2) is 4.39 Å². The van der Waals surface area contributed by atoms with Crippen LogP contribution in [0.25, 0.3) is 22.1 Å². The Labute approximate surface area is 184 Å². The number of rotatable bonds is 5. The van der Waals surface area contributed by atoms with Crippen LogP contribution < -0.4 is 0 Å². The van der Waals surface area contributed by atoms with Crippen LogP contribution in [0.5, 0.6) is 0 Å². The van der Waals surface area contributed by atoms with E-state index >= 15 is 0 Å². The summed E-state index contributed by atoms with van der Waals surface area (Å²) in [4.78, 5) is 12.2. The maximum absolute atomic E-state index is 13.5. The van der Waals surface area contributed by atoms with Gasteiger partial charge in [-0.05, 0) is 53.5 Å². The molecule has 1 saturated heterocycles. The minimum absolute atomic E-state index is 0.115. The molecule has 0 bridgehead atoms. The molecule has 0 N–H and O–H groups in total. The lowest BCUT2D eigenvalue weighted by Crippen LogP contribution is -2.34. The number of hydrogen-bond donors (Lipinski definition) is 0. The molecule has 0 saturated carbocycles. The van der Waals surface area contributed by atoms with Gasteiger partial charge >= 0.3 is 0 Å². The minimum atomic E-state index is -0.323. The Balaban J connectivity index is 1.26. The number of benzene rings is 1. The summed E-state index contributed by atoms with van der Waals surface area (Å²) in [7, 11) is 0. The molecule has 1 atom stereocenters. The predicted molar refractivity (Wildman–Crippen MR) is 112 cm³/mol. The highest BCUT2D eigenvalue weighted by molar-refractivity contribution is 9.10. The van der Waals surface area contributed by atoms with Crippen molar-refractivity contribution in [2.24, 2.45) is 0 Å². The fourth-order valence-corrected chi connectivity index (χ4v) is 4.94. The number of piperidine rings is 1. The summed E-state index contributed by atoms with van der Waals surface area (Å²) < 4.78 is 25.4. The number of thiophene rings is 1. The van der Waals surface area contributed by atoms with Gasteiger partial charge in [0.05, 0.1) is 17.3 Å². The van der Waals surface area contributed by atoms with E-state index in [4.69, 9.17) is 9.05 Å². The van der Waals surface area contributed by atoms with E-state index in [1.807, 2.05) is 11.4 Å². The highest BCUT2D eigenvalue weighted by atomic mass is 79.9. The lowest BCUT2D eigenvalue weighted by molar-refractivity contribution is 0.162. The SMILES string of the molecule is Fc1cccc(-c2noc(C3CCCN(Cc4nc(-c5cc(Br)cs5)no4)C3)n2)c1. The van der Waals surface area contributed by atoms with Gasteiger partial charge in [-0.3, -0.25) is 4.90 Å². The van der Waals surface area contributed by atoms with Gasteiger partial charge in [-0.2, -0.15) is 9.97 Å². The van der Waals surface area contributed by atoms with Crippen LogP contribution in [0.4, 0.5) is 4.39 Å². The second kappa shape index (κ2) is 8.37. The third-order valence-corrected chi connectivity index (χ3v) is 6.68. The largest absolute Gasteiger partial charge is 0.339 e. The van der Waals surface area contributed by atoms with Gasteiger partial charge < -0.3 is 9.05 Å². The van der Waals surface area contributed by atoms with Crippen molar-refractivity contribution in [2.45, 2.75) is 25.3 Å². The van der Waals surface area contributed by atoms with E-state index in [1.54, 1.807) is 23.5 Å². The number of hydrogen-bond acceptors (Lipinski definition) is 8. The Bertz CT molecular complexity index is 1160. The summed E-state index contributed by atoms with van der Waals surface area (Å²) in [5.74, 6) is 1.96. The van der Waals surface area contributed by atoms with Crippen LogP contribution in [0, 0.1) is 5.82 Å². The van der Waals surface area contributed by atoms with Crippen molar-refractivity contribution in [1.82, 2.24) is 25.2 Å². The van der Waals surface area contributed by atoms with Crippen molar-refractivity contribution >= 4 is 27.3 Å². The third kappa shape index (κ3) is 4.21. The molecule has 7 nitrogen and oxygen atoms in total. The van der Waals surface area contributed by atoms with Crippen molar-refractivity contribution in [3.8, 4) is 22.1 Å². The molecule has 154 valence electrons. The molecule has 1 aromatic carbocycles. The average Bonchev–Trinajstić information content (AvgIpc) is 3.49. The molecule has 1 aliphatic heterocycles. The zero-order valence-electron chi connectivity index (χ0n) is 15.8. The minimum Gasteiger partial charge on any atom is -0.339 e. The van der Waals surface area contributed by atoms with Crippen molar-refractivity contribution in [2.75, 3.05) is 13.1 Å². The first-order valence-electron chi connectivity index (χ1n) is 9.53. The van der Waals surface area contributed by atoms with Crippen molar-refractivity contribution < 1.29 is 13.4 Å². The first-order chi connectivity index (χ1) is 14.6. The van der Waals surface area contributed by atoms with E-state index in [-0.39, 0.29) is 11.7 Å². The fraction of sp³-hybridized carbons (Fsp3) is 0.300. The van der Waals surface area contributed by atoms with Gasteiger partial charge in [-0.1, -0.05) is 22.4 Å². The number of halogens is 2. The maximum Gasteiger partial charge on any atom is 0.241 e. The molecule has 30 heavy (non-hydrogen) atoms. The lowest BCUT2D eigenvalue weighted by atomic mass is 9.98. The van der Waals surface area contributed by atoms with Gasteiger partial charge in [0, 0.05) is 22.0 Å². The topological polar surface area (TPSA) is 81.1 Å². The summed E-state index contributed by atoms with van der Waals surface area (Å²) in [5, 5.41) is 10.1. The lowest BCUT2D eigenvalue weighted by Gasteiger charge is -2.29. The molecular weight excluding hydrogens is 473 g/mol. The molecule has 0 amide bonds. The summed E-state index contributed by atoms with van der Waals surface area (Å²) >= 11 is 5.01. The maximum atomic E-state index is 13.5. The van der Waals surface area contributed by atoms with Crippen LogP contribution in [0.2, 0.25) is 0 Å². The zero-order chi connectivity index (χ0) is 20.5. The third-order valence-electron chi connectivity index (χ3n) is 4.99. The van der Waals surface area contributed by atoms with Crippen LogP contribution in [0.1, 0.15) is 30.5 Å². The van der Waals surface area contributed by atoms with Gasteiger partial charge in [0.1, 0.15) is 5.82 Å². The molecule has 4 aromatic rings. The summed E-state index contributed by atoms with van der Waals surface area (Å²) in [6, 6.07) is 8.17. The highest BCUT2D eigenvalue weighted by Gasteiger charge is 2.27. The smallest absolute Gasteiger partial charge is 0.241 e. The molecule has 3 aromatic heterocycles. The Morgan fingerprint density at radius 1 is 1.17 bits per heavy atom. The summed E-state index contributed by atoms with van der Waals surface area (Å²) in [5.41, 5.74) is 0.608. The second-order valence-electron chi connectivity index (χ2n) is 7.18. The van der Waals surface area contributed by atoms with Crippen LogP contribution >= 0.6 is 27.3 Å². The van der Waals surface area contributed by atoms with Gasteiger partial charge in [0.25, 0.3) is 0 Å². The molecule has 1 fully saturated rings. The molecule has 0 spiro atoms. The van der Waals surface area contributed by atoms with E-state index in [1.165, 1.54) is 12.1 Å². The van der Waals surface area contributed by atoms with Crippen molar-refractivity contribution in [3.05, 3.63) is 57.8 Å². The normalized spacial score (nSPS) is 17.5. The van der Waals surface area contributed by atoms with Crippen LogP contribution in [0.15, 0.2) is 49.2 Å². The fourth-order valence-electron chi connectivity index (χ4n) is 3.59. The molecule has 1 aliphatic rings. The number of likely N-dealkylation sites (tertiary alicyclic amines) is 1. The molecule has 5 rings (SSSR count). The first kappa shape index (κ1) is 19.5. The Kier molecular flexibility index (Phi) is 5.45. The van der Waals surface area contributed by atoms with Crippen LogP contribution in [-0.4, -0.2) is 38.3 Å². The monoisotopic (exact) mass is 489 g/mol. The molecule has 1 unspecified atom stereocenters. The van der Waals surface area contributed by atoms with E-state index < -0.39 is 0 Å². The highest BCUT2D eigenvalue weighted by Crippen LogP contribution is 2.30. The Hall–Kier alpha value is -2.43. The second-order valence-corrected chi connectivity index (χ2v) is 9.01. The zero-order valence-corrected chi connectivity index (χ0v) is 18.2. The van der Waals surface area contributed by atoms with E-state index in [9.17, 15) is 4.39 Å². The van der Waals surface area contributed by atoms with Crippen molar-refractivity contribution in [3.63, 3.8) is 0 Å². The van der Waals surface area contributed by atoms with E-state index in [0.717, 1.165) is 35.3 Å². The van der Waals surface area contributed by atoms with Gasteiger partial charge in [-0.15, -0.1) is 11.3 Å². The average molecular weight is 490 g/mol. The van der Waals surface area contributed by atoms with E-state index in [0.29, 0.717) is 35.5 Å². The van der Waals surface area contributed by atoms with Crippen LogP contribution in [-0.2, 0) is 6.54 Å². The predicted octanol–water partition coefficient (Wildman–Crippen LogP) is 5.13. The summed E-state index contributed by atoms with van der Waals surface area (Å²) in [6.45, 7) is 2.26. The summed E-state index contributed by atoms with van der Waals surface area (Å²) in [6.07, 6.45) is 1.96. The quantitative estimate of drug-likeness (QED) is 0.384. The molecule has 0 aliphatic carbocycles. The van der Waals surface area contributed by atoms with Gasteiger partial charge in [0.15, 0.2) is 0 Å². The molecular formula is C20H17BrFN5O2S. The van der Waals surface area contributed by atoms with Gasteiger partial charge in [0.2, 0.25) is 23.4 Å². The number of nitrogens with zero attached hydrogens (tertiary/aromatic N) is 5. The van der Waals surface area contributed by atoms with Crippen molar-refractivity contribution in [1.29, 1.82) is 0 Å². The Morgan fingerprint density at radius 3 is 2.90 bits per heavy atom. The number of aromatic nitrogens is 4. The Morgan fingerprint density at radius 2 is 2.07 bits per heavy atom.